The summed E-state index contributed by atoms with van der Waals surface area (Å²) in [6, 6.07) is 5.16. The maximum absolute atomic E-state index is 13.4. The highest BCUT2D eigenvalue weighted by Gasteiger charge is 2.51. The molecule has 0 aromatic heterocycles. The second-order valence-corrected chi connectivity index (χ2v) is 9.90. The standard InChI is InChI=1S/C26H35Cl2NO3/c1-3-5-7-9-11-17-15-18-22(14-8-6-4-2)32-26(31)23(18)19(16-17)25(30)29-21-13-10-12-20(27)24(21)28/h10,12-13,15,18-19,22-23H,3-9,11,14,16H2,1-2H3,(H,29,30)/t18-,19-,22-,23+/m1/s1. The Morgan fingerprint density at radius 3 is 2.59 bits per heavy atom. The molecule has 4 atom stereocenters. The molecule has 1 saturated heterocycles. The Hall–Kier alpha value is -1.52. The average Bonchev–Trinajstić information content (AvgIpc) is 3.09. The van der Waals surface area contributed by atoms with Crippen LogP contribution in [0.5, 0.6) is 0 Å². The fourth-order valence-corrected chi connectivity index (χ4v) is 5.33. The van der Waals surface area contributed by atoms with E-state index < -0.39 is 11.8 Å². The van der Waals surface area contributed by atoms with Crippen LogP contribution in [-0.2, 0) is 14.3 Å². The first-order chi connectivity index (χ1) is 15.5. The third-order valence-corrected chi connectivity index (χ3v) is 7.54. The van der Waals surface area contributed by atoms with Crippen LogP contribution in [-0.4, -0.2) is 18.0 Å². The first-order valence-corrected chi connectivity index (χ1v) is 12.9. The number of hydrogen-bond donors (Lipinski definition) is 1. The van der Waals surface area contributed by atoms with E-state index in [4.69, 9.17) is 27.9 Å². The molecule has 32 heavy (non-hydrogen) atoms. The van der Waals surface area contributed by atoms with Gasteiger partial charge in [0.25, 0.3) is 0 Å². The van der Waals surface area contributed by atoms with Crippen molar-refractivity contribution in [2.24, 2.45) is 17.8 Å². The Balaban J connectivity index is 1.79. The van der Waals surface area contributed by atoms with E-state index in [-0.39, 0.29) is 23.9 Å². The van der Waals surface area contributed by atoms with Crippen LogP contribution in [0.15, 0.2) is 29.8 Å². The van der Waals surface area contributed by atoms with E-state index in [1.807, 2.05) is 0 Å². The number of hydrogen-bond acceptors (Lipinski definition) is 3. The first kappa shape index (κ1) is 25.1. The molecule has 1 aliphatic carbocycles. The number of fused-ring (bicyclic) bond motifs is 1. The molecule has 3 rings (SSSR count). The fraction of sp³-hybridized carbons (Fsp3) is 0.615. The quantitative estimate of drug-likeness (QED) is 0.202. The average molecular weight is 480 g/mol. The Morgan fingerprint density at radius 1 is 1.09 bits per heavy atom. The molecule has 1 aromatic rings. The molecule has 0 saturated carbocycles. The molecule has 2 aliphatic rings. The number of carbonyl (C=O) groups is 2. The van der Waals surface area contributed by atoms with Crippen molar-refractivity contribution in [2.75, 3.05) is 5.32 Å². The summed E-state index contributed by atoms with van der Waals surface area (Å²) >= 11 is 12.4. The number of benzene rings is 1. The number of rotatable bonds is 11. The van der Waals surface area contributed by atoms with Crippen LogP contribution in [0.4, 0.5) is 5.69 Å². The third kappa shape index (κ3) is 6.08. The SMILES string of the molecule is CCCCCCC1=C[C@H]2[C@H](C(=O)O[C@@H]2CCCCC)[C@H](C(=O)Nc2cccc(Cl)c2Cl)C1. The number of unbranched alkanes of at least 4 members (excludes halogenated alkanes) is 5. The van der Waals surface area contributed by atoms with E-state index in [0.29, 0.717) is 22.2 Å². The summed E-state index contributed by atoms with van der Waals surface area (Å²) in [5.74, 6) is -1.34. The lowest BCUT2D eigenvalue weighted by Crippen LogP contribution is -2.38. The van der Waals surface area contributed by atoms with E-state index in [1.54, 1.807) is 18.2 Å². The Bertz CT molecular complexity index is 838. The maximum Gasteiger partial charge on any atom is 0.310 e. The molecule has 1 aromatic carbocycles. The van der Waals surface area contributed by atoms with Gasteiger partial charge >= 0.3 is 5.97 Å². The predicted molar refractivity (Wildman–Crippen MR) is 131 cm³/mol. The topological polar surface area (TPSA) is 55.4 Å². The van der Waals surface area contributed by atoms with Gasteiger partial charge in [-0.1, -0.05) is 86.9 Å². The monoisotopic (exact) mass is 479 g/mol. The molecular formula is C26H35Cl2NO3. The highest BCUT2D eigenvalue weighted by molar-refractivity contribution is 6.44. The molecule has 1 heterocycles. The van der Waals surface area contributed by atoms with E-state index in [9.17, 15) is 9.59 Å². The van der Waals surface area contributed by atoms with E-state index in [1.165, 1.54) is 24.8 Å². The normalized spacial score (nSPS) is 24.6. The third-order valence-electron chi connectivity index (χ3n) is 6.72. The van der Waals surface area contributed by atoms with Crippen LogP contribution < -0.4 is 5.32 Å². The minimum absolute atomic E-state index is 0.0279. The smallest absolute Gasteiger partial charge is 0.310 e. The van der Waals surface area contributed by atoms with Crippen molar-refractivity contribution >= 4 is 40.8 Å². The minimum Gasteiger partial charge on any atom is -0.461 e. The number of halogens is 2. The van der Waals surface area contributed by atoms with Crippen molar-refractivity contribution in [1.82, 2.24) is 0 Å². The Morgan fingerprint density at radius 2 is 1.84 bits per heavy atom. The molecule has 1 fully saturated rings. The molecule has 6 heteroatoms. The van der Waals surface area contributed by atoms with Gasteiger partial charge in [-0.15, -0.1) is 0 Å². The fourth-order valence-electron chi connectivity index (χ4n) is 4.98. The number of ether oxygens (including phenoxy) is 1. The summed E-state index contributed by atoms with van der Waals surface area (Å²) in [5.41, 5.74) is 1.75. The van der Waals surface area contributed by atoms with Crippen molar-refractivity contribution in [3.05, 3.63) is 39.9 Å². The number of anilines is 1. The molecule has 4 nitrogen and oxygen atoms in total. The van der Waals surface area contributed by atoms with Gasteiger partial charge in [-0.25, -0.2) is 0 Å². The van der Waals surface area contributed by atoms with Gasteiger partial charge in [-0.05, 0) is 44.2 Å². The van der Waals surface area contributed by atoms with Gasteiger partial charge in [-0.3, -0.25) is 9.59 Å². The Labute approximate surface area is 202 Å². The molecular weight excluding hydrogens is 445 g/mol. The lowest BCUT2D eigenvalue weighted by Gasteiger charge is -2.31. The molecule has 0 radical (unpaired) electrons. The number of amides is 1. The summed E-state index contributed by atoms with van der Waals surface area (Å²) in [6.45, 7) is 4.37. The molecule has 1 aliphatic heterocycles. The number of cyclic esters (lactones) is 1. The highest BCUT2D eigenvalue weighted by Crippen LogP contribution is 2.45. The van der Waals surface area contributed by atoms with E-state index >= 15 is 0 Å². The summed E-state index contributed by atoms with van der Waals surface area (Å²) < 4.78 is 5.81. The second kappa shape index (κ2) is 12.1. The van der Waals surface area contributed by atoms with Crippen LogP contribution in [0.25, 0.3) is 0 Å². The molecule has 0 bridgehead atoms. The van der Waals surface area contributed by atoms with Crippen LogP contribution >= 0.6 is 23.2 Å². The van der Waals surface area contributed by atoms with Crippen LogP contribution in [0.2, 0.25) is 10.0 Å². The van der Waals surface area contributed by atoms with Crippen LogP contribution in [0.3, 0.4) is 0 Å². The zero-order chi connectivity index (χ0) is 23.1. The lowest BCUT2D eigenvalue weighted by atomic mass is 9.70. The van der Waals surface area contributed by atoms with Gasteiger partial charge < -0.3 is 10.1 Å². The second-order valence-electron chi connectivity index (χ2n) is 9.11. The summed E-state index contributed by atoms with van der Waals surface area (Å²) in [6.07, 6.45) is 12.5. The van der Waals surface area contributed by atoms with Crippen molar-refractivity contribution in [2.45, 2.75) is 84.2 Å². The maximum atomic E-state index is 13.4. The minimum atomic E-state index is -0.454. The Kier molecular flexibility index (Phi) is 9.48. The van der Waals surface area contributed by atoms with Gasteiger partial charge in [0.1, 0.15) is 6.10 Å². The largest absolute Gasteiger partial charge is 0.461 e. The molecule has 1 N–H and O–H groups in total. The summed E-state index contributed by atoms with van der Waals surface area (Å²) in [5, 5.41) is 3.63. The van der Waals surface area contributed by atoms with Gasteiger partial charge in [0.05, 0.1) is 27.6 Å². The predicted octanol–water partition coefficient (Wildman–Crippen LogP) is 7.59. The van der Waals surface area contributed by atoms with E-state index in [2.05, 4.69) is 25.2 Å². The van der Waals surface area contributed by atoms with Crippen molar-refractivity contribution in [3.8, 4) is 0 Å². The van der Waals surface area contributed by atoms with Crippen molar-refractivity contribution < 1.29 is 14.3 Å². The number of carbonyl (C=O) groups excluding carboxylic acids is 2. The summed E-state index contributed by atoms with van der Waals surface area (Å²) in [4.78, 5) is 26.2. The highest BCUT2D eigenvalue weighted by atomic mass is 35.5. The summed E-state index contributed by atoms with van der Waals surface area (Å²) in [7, 11) is 0. The van der Waals surface area contributed by atoms with E-state index in [0.717, 1.165) is 38.5 Å². The number of esters is 1. The number of allylic oxidation sites excluding steroid dienone is 1. The van der Waals surface area contributed by atoms with Gasteiger partial charge in [-0.2, -0.15) is 0 Å². The van der Waals surface area contributed by atoms with Crippen molar-refractivity contribution in [1.29, 1.82) is 0 Å². The van der Waals surface area contributed by atoms with Gasteiger partial charge in [0.15, 0.2) is 0 Å². The lowest BCUT2D eigenvalue weighted by molar-refractivity contribution is -0.147. The molecule has 176 valence electrons. The molecule has 1 amide bonds. The van der Waals surface area contributed by atoms with Gasteiger partial charge in [0.2, 0.25) is 5.91 Å². The zero-order valence-electron chi connectivity index (χ0n) is 19.2. The van der Waals surface area contributed by atoms with Crippen LogP contribution in [0, 0.1) is 17.8 Å². The van der Waals surface area contributed by atoms with Gasteiger partial charge in [0, 0.05) is 5.92 Å². The zero-order valence-corrected chi connectivity index (χ0v) is 20.7. The molecule has 0 unspecified atom stereocenters. The molecule has 0 spiro atoms. The first-order valence-electron chi connectivity index (χ1n) is 12.1. The number of nitrogens with one attached hydrogen (secondary N) is 1. The van der Waals surface area contributed by atoms with Crippen LogP contribution in [0.1, 0.15) is 78.1 Å². The van der Waals surface area contributed by atoms with Crippen molar-refractivity contribution in [3.63, 3.8) is 0 Å².